The van der Waals surface area contributed by atoms with Gasteiger partial charge in [0.05, 0.1) is 12.6 Å². The van der Waals surface area contributed by atoms with Gasteiger partial charge in [-0.3, -0.25) is 9.59 Å². The van der Waals surface area contributed by atoms with Gasteiger partial charge in [0.15, 0.2) is 0 Å². The van der Waals surface area contributed by atoms with E-state index in [1.807, 2.05) is 48.5 Å². The van der Waals surface area contributed by atoms with E-state index in [2.05, 4.69) is 5.32 Å². The SMILES string of the molecule is CC(=O)N(C)c1ccc(-c2cccc(C(=O)N[C@H]3CCOC3)c2)cc1. The number of nitrogens with one attached hydrogen (secondary N) is 1. The highest BCUT2D eigenvalue weighted by molar-refractivity contribution is 5.96. The molecule has 0 saturated carbocycles. The van der Waals surface area contributed by atoms with Gasteiger partial charge < -0.3 is 15.0 Å². The van der Waals surface area contributed by atoms with Crippen LogP contribution < -0.4 is 10.2 Å². The zero-order chi connectivity index (χ0) is 17.8. The van der Waals surface area contributed by atoms with E-state index in [0.717, 1.165) is 23.2 Å². The Labute approximate surface area is 147 Å². The highest BCUT2D eigenvalue weighted by Gasteiger charge is 2.18. The van der Waals surface area contributed by atoms with E-state index in [1.54, 1.807) is 11.9 Å². The molecule has 2 amide bonds. The van der Waals surface area contributed by atoms with Crippen molar-refractivity contribution in [2.45, 2.75) is 19.4 Å². The molecular weight excluding hydrogens is 316 g/mol. The van der Waals surface area contributed by atoms with Crippen LogP contribution in [0.15, 0.2) is 48.5 Å². The fourth-order valence-electron chi connectivity index (χ4n) is 2.82. The second-order valence-electron chi connectivity index (χ2n) is 6.24. The largest absolute Gasteiger partial charge is 0.379 e. The van der Waals surface area contributed by atoms with E-state index in [-0.39, 0.29) is 17.9 Å². The lowest BCUT2D eigenvalue weighted by Crippen LogP contribution is -2.34. The van der Waals surface area contributed by atoms with Gasteiger partial charge in [-0.2, -0.15) is 0 Å². The Bertz CT molecular complexity index is 765. The van der Waals surface area contributed by atoms with Crippen molar-refractivity contribution in [3.8, 4) is 11.1 Å². The van der Waals surface area contributed by atoms with Gasteiger partial charge in [-0.1, -0.05) is 24.3 Å². The Morgan fingerprint density at radius 1 is 1.12 bits per heavy atom. The van der Waals surface area contributed by atoms with E-state index in [4.69, 9.17) is 4.74 Å². The number of ether oxygens (including phenoxy) is 1. The summed E-state index contributed by atoms with van der Waals surface area (Å²) in [5, 5.41) is 3.00. The van der Waals surface area contributed by atoms with Gasteiger partial charge in [0.1, 0.15) is 0 Å². The first-order valence-corrected chi connectivity index (χ1v) is 8.38. The molecule has 130 valence electrons. The molecule has 0 aromatic heterocycles. The van der Waals surface area contributed by atoms with Crippen molar-refractivity contribution in [2.24, 2.45) is 0 Å². The van der Waals surface area contributed by atoms with Crippen molar-refractivity contribution >= 4 is 17.5 Å². The number of hydrogen-bond donors (Lipinski definition) is 1. The zero-order valence-corrected chi connectivity index (χ0v) is 14.5. The predicted molar refractivity (Wildman–Crippen MR) is 97.7 cm³/mol. The van der Waals surface area contributed by atoms with Crippen LogP contribution in [0.4, 0.5) is 5.69 Å². The maximum absolute atomic E-state index is 12.4. The molecular formula is C20H22N2O3. The van der Waals surface area contributed by atoms with Gasteiger partial charge >= 0.3 is 0 Å². The monoisotopic (exact) mass is 338 g/mol. The summed E-state index contributed by atoms with van der Waals surface area (Å²) in [4.78, 5) is 25.4. The molecule has 1 fully saturated rings. The van der Waals surface area contributed by atoms with Crippen LogP contribution >= 0.6 is 0 Å². The van der Waals surface area contributed by atoms with Crippen molar-refractivity contribution < 1.29 is 14.3 Å². The van der Waals surface area contributed by atoms with Crippen molar-refractivity contribution in [1.29, 1.82) is 0 Å². The molecule has 1 aliphatic rings. The zero-order valence-electron chi connectivity index (χ0n) is 14.5. The molecule has 5 heteroatoms. The third-order valence-corrected chi connectivity index (χ3v) is 4.45. The molecule has 0 radical (unpaired) electrons. The van der Waals surface area contributed by atoms with Crippen LogP contribution in [0.25, 0.3) is 11.1 Å². The maximum Gasteiger partial charge on any atom is 0.251 e. The highest BCUT2D eigenvalue weighted by Crippen LogP contribution is 2.24. The molecule has 1 atom stereocenters. The third kappa shape index (κ3) is 4.06. The molecule has 1 aliphatic heterocycles. The average Bonchev–Trinajstić information content (AvgIpc) is 3.14. The predicted octanol–water partition coefficient (Wildman–Crippen LogP) is 2.86. The Morgan fingerprint density at radius 3 is 2.52 bits per heavy atom. The maximum atomic E-state index is 12.4. The number of amides is 2. The average molecular weight is 338 g/mol. The van der Waals surface area contributed by atoms with Gasteiger partial charge in [-0.25, -0.2) is 0 Å². The van der Waals surface area contributed by atoms with Crippen molar-refractivity contribution in [3.05, 3.63) is 54.1 Å². The lowest BCUT2D eigenvalue weighted by Gasteiger charge is -2.15. The van der Waals surface area contributed by atoms with E-state index < -0.39 is 0 Å². The molecule has 1 saturated heterocycles. The molecule has 1 heterocycles. The fraction of sp³-hybridized carbons (Fsp3) is 0.300. The van der Waals surface area contributed by atoms with Crippen LogP contribution in [-0.2, 0) is 9.53 Å². The summed E-state index contributed by atoms with van der Waals surface area (Å²) in [6, 6.07) is 15.4. The summed E-state index contributed by atoms with van der Waals surface area (Å²) in [5.74, 6) is -0.0902. The molecule has 25 heavy (non-hydrogen) atoms. The highest BCUT2D eigenvalue weighted by atomic mass is 16.5. The lowest BCUT2D eigenvalue weighted by atomic mass is 10.0. The summed E-state index contributed by atoms with van der Waals surface area (Å²) in [7, 11) is 1.75. The van der Waals surface area contributed by atoms with E-state index in [9.17, 15) is 9.59 Å². The first-order chi connectivity index (χ1) is 12.0. The molecule has 0 aliphatic carbocycles. The van der Waals surface area contributed by atoms with E-state index in [1.165, 1.54) is 6.92 Å². The van der Waals surface area contributed by atoms with Crippen LogP contribution in [0.3, 0.4) is 0 Å². The summed E-state index contributed by atoms with van der Waals surface area (Å²) in [5.41, 5.74) is 3.44. The summed E-state index contributed by atoms with van der Waals surface area (Å²) in [6.45, 7) is 2.81. The van der Waals surface area contributed by atoms with Gasteiger partial charge in [0.25, 0.3) is 5.91 Å². The van der Waals surface area contributed by atoms with Crippen molar-refractivity contribution in [3.63, 3.8) is 0 Å². The van der Waals surface area contributed by atoms with E-state index in [0.29, 0.717) is 18.8 Å². The van der Waals surface area contributed by atoms with Crippen molar-refractivity contribution in [1.82, 2.24) is 5.32 Å². The van der Waals surface area contributed by atoms with Gasteiger partial charge in [0, 0.05) is 31.8 Å². The second-order valence-corrected chi connectivity index (χ2v) is 6.24. The number of rotatable bonds is 4. The minimum absolute atomic E-state index is 0.0117. The minimum Gasteiger partial charge on any atom is -0.379 e. The van der Waals surface area contributed by atoms with Crippen LogP contribution in [-0.4, -0.2) is 38.1 Å². The van der Waals surface area contributed by atoms with Gasteiger partial charge in [-0.15, -0.1) is 0 Å². The number of carbonyl (C=O) groups excluding carboxylic acids is 2. The summed E-state index contributed by atoms with van der Waals surface area (Å²) >= 11 is 0. The standard InChI is InChI=1S/C20H22N2O3/c1-14(23)22(2)19-8-6-15(7-9-19)16-4-3-5-17(12-16)20(24)21-18-10-11-25-13-18/h3-9,12,18H,10-11,13H2,1-2H3,(H,21,24)/t18-/m0/s1. The molecule has 2 aromatic carbocycles. The first-order valence-electron chi connectivity index (χ1n) is 8.38. The van der Waals surface area contributed by atoms with Crippen LogP contribution in [0, 0.1) is 0 Å². The number of carbonyl (C=O) groups is 2. The Morgan fingerprint density at radius 2 is 1.88 bits per heavy atom. The molecule has 5 nitrogen and oxygen atoms in total. The summed E-state index contributed by atoms with van der Waals surface area (Å²) < 4.78 is 5.29. The molecule has 1 N–H and O–H groups in total. The molecule has 2 aromatic rings. The normalized spacial score (nSPS) is 16.5. The first kappa shape index (κ1) is 17.2. The Kier molecular flexibility index (Phi) is 5.14. The summed E-state index contributed by atoms with van der Waals surface area (Å²) in [6.07, 6.45) is 0.858. The van der Waals surface area contributed by atoms with Crippen molar-refractivity contribution in [2.75, 3.05) is 25.2 Å². The Hall–Kier alpha value is -2.66. The Balaban J connectivity index is 1.76. The number of benzene rings is 2. The second kappa shape index (κ2) is 7.49. The van der Waals surface area contributed by atoms with Crippen LogP contribution in [0.2, 0.25) is 0 Å². The van der Waals surface area contributed by atoms with Gasteiger partial charge in [-0.05, 0) is 41.8 Å². The van der Waals surface area contributed by atoms with Crippen LogP contribution in [0.1, 0.15) is 23.7 Å². The van der Waals surface area contributed by atoms with Crippen LogP contribution in [0.5, 0.6) is 0 Å². The third-order valence-electron chi connectivity index (χ3n) is 4.45. The smallest absolute Gasteiger partial charge is 0.251 e. The molecule has 0 bridgehead atoms. The fourth-order valence-corrected chi connectivity index (χ4v) is 2.82. The quantitative estimate of drug-likeness (QED) is 0.932. The minimum atomic E-state index is -0.0784. The van der Waals surface area contributed by atoms with Gasteiger partial charge in [0.2, 0.25) is 5.91 Å². The molecule has 3 rings (SSSR count). The topological polar surface area (TPSA) is 58.6 Å². The molecule has 0 spiro atoms. The number of hydrogen-bond acceptors (Lipinski definition) is 3. The number of nitrogens with zero attached hydrogens (tertiary/aromatic N) is 1. The lowest BCUT2D eigenvalue weighted by molar-refractivity contribution is -0.116. The molecule has 0 unspecified atom stereocenters. The van der Waals surface area contributed by atoms with E-state index >= 15 is 0 Å². The number of anilines is 1.